The molecule has 0 N–H and O–H groups in total. The maximum atomic E-state index is 12.6. The third kappa shape index (κ3) is 5.28. The van der Waals surface area contributed by atoms with Gasteiger partial charge in [-0.15, -0.1) is 0 Å². The zero-order valence-corrected chi connectivity index (χ0v) is 21.8. The SMILES string of the molecule is CC/C(=C(\C1=Cc2ccccc2C1)c1ccc(OCCN2CC(CF)C2)cc1)c1ccc(C)cc1Cl. The quantitative estimate of drug-likeness (QED) is 0.276. The lowest BCUT2D eigenvalue weighted by Gasteiger charge is -2.37. The number of ether oxygens (including phenoxy) is 1. The van der Waals surface area contributed by atoms with Crippen LogP contribution in [0.2, 0.25) is 5.02 Å². The Morgan fingerprint density at radius 3 is 2.53 bits per heavy atom. The highest BCUT2D eigenvalue weighted by Crippen LogP contribution is 2.42. The van der Waals surface area contributed by atoms with Crippen LogP contribution >= 0.6 is 11.6 Å². The molecule has 1 aliphatic carbocycles. The number of rotatable bonds is 9. The van der Waals surface area contributed by atoms with E-state index in [0.717, 1.165) is 54.4 Å². The summed E-state index contributed by atoms with van der Waals surface area (Å²) in [6, 6.07) is 23.4. The summed E-state index contributed by atoms with van der Waals surface area (Å²) in [4.78, 5) is 2.24. The van der Waals surface area contributed by atoms with Gasteiger partial charge in [0.2, 0.25) is 0 Å². The van der Waals surface area contributed by atoms with E-state index in [9.17, 15) is 4.39 Å². The van der Waals surface area contributed by atoms with Crippen LogP contribution in [0.1, 0.15) is 41.2 Å². The first-order chi connectivity index (χ1) is 17.6. The standard InChI is InChI=1S/C32H33ClFNO/c1-3-29(30-13-8-22(2)16-31(30)33)32(27-17-25-6-4-5-7-26(25)18-27)24-9-11-28(12-10-24)36-15-14-35-20-23(19-34)21-35/h4-13,16-17,23H,3,14-15,18-21H2,1-2H3/b32-29+. The summed E-state index contributed by atoms with van der Waals surface area (Å²) >= 11 is 6.77. The summed E-state index contributed by atoms with van der Waals surface area (Å²) in [6.07, 6.45) is 4.11. The molecule has 0 bridgehead atoms. The first-order valence-electron chi connectivity index (χ1n) is 12.9. The van der Waals surface area contributed by atoms with Gasteiger partial charge in [0.1, 0.15) is 12.4 Å². The molecule has 0 atom stereocenters. The van der Waals surface area contributed by atoms with E-state index >= 15 is 0 Å². The van der Waals surface area contributed by atoms with Crippen LogP contribution < -0.4 is 4.74 Å². The van der Waals surface area contributed by atoms with Gasteiger partial charge in [0.05, 0.1) is 6.67 Å². The summed E-state index contributed by atoms with van der Waals surface area (Å²) in [5.41, 5.74) is 9.90. The number of allylic oxidation sites excluding steroid dienone is 3. The molecule has 0 radical (unpaired) electrons. The maximum Gasteiger partial charge on any atom is 0.119 e. The summed E-state index contributed by atoms with van der Waals surface area (Å²) in [6.45, 7) is 7.18. The number of benzene rings is 3. The van der Waals surface area contributed by atoms with E-state index in [0.29, 0.717) is 6.61 Å². The van der Waals surface area contributed by atoms with E-state index in [1.807, 2.05) is 6.07 Å². The topological polar surface area (TPSA) is 12.5 Å². The Bertz CT molecular complexity index is 1290. The highest BCUT2D eigenvalue weighted by atomic mass is 35.5. The number of aryl methyl sites for hydroxylation is 1. The molecule has 3 aromatic rings. The summed E-state index contributed by atoms with van der Waals surface area (Å²) in [5.74, 6) is 1.07. The molecule has 1 fully saturated rings. The third-order valence-corrected chi connectivity index (χ3v) is 7.57. The normalized spacial score (nSPS) is 16.3. The molecule has 0 aromatic heterocycles. The van der Waals surface area contributed by atoms with E-state index < -0.39 is 0 Å². The van der Waals surface area contributed by atoms with Crippen molar-refractivity contribution in [3.8, 4) is 5.75 Å². The number of hydrogen-bond donors (Lipinski definition) is 0. The van der Waals surface area contributed by atoms with Gasteiger partial charge in [-0.05, 0) is 82.5 Å². The largest absolute Gasteiger partial charge is 0.492 e. The average Bonchev–Trinajstić information content (AvgIpc) is 3.28. The fourth-order valence-corrected chi connectivity index (χ4v) is 5.68. The molecule has 0 unspecified atom stereocenters. The van der Waals surface area contributed by atoms with Crippen LogP contribution in [0.15, 0.2) is 72.3 Å². The molecular formula is C32H33ClFNO. The second-order valence-electron chi connectivity index (χ2n) is 9.89. The van der Waals surface area contributed by atoms with Crippen molar-refractivity contribution in [1.29, 1.82) is 0 Å². The summed E-state index contributed by atoms with van der Waals surface area (Å²) in [5, 5.41) is 0.793. The zero-order chi connectivity index (χ0) is 25.1. The first-order valence-corrected chi connectivity index (χ1v) is 13.2. The molecule has 1 saturated heterocycles. The van der Waals surface area contributed by atoms with Crippen molar-refractivity contribution in [3.63, 3.8) is 0 Å². The Morgan fingerprint density at radius 2 is 1.83 bits per heavy atom. The number of nitrogens with zero attached hydrogens (tertiary/aromatic N) is 1. The van der Waals surface area contributed by atoms with E-state index in [1.165, 1.54) is 33.4 Å². The highest BCUT2D eigenvalue weighted by Gasteiger charge is 2.26. The predicted molar refractivity (Wildman–Crippen MR) is 149 cm³/mol. The van der Waals surface area contributed by atoms with Gasteiger partial charge < -0.3 is 4.74 Å². The molecular weight excluding hydrogens is 469 g/mol. The van der Waals surface area contributed by atoms with Crippen molar-refractivity contribution in [1.82, 2.24) is 4.90 Å². The lowest BCUT2D eigenvalue weighted by molar-refractivity contribution is 0.0668. The monoisotopic (exact) mass is 501 g/mol. The average molecular weight is 502 g/mol. The molecule has 1 heterocycles. The van der Waals surface area contributed by atoms with E-state index in [4.69, 9.17) is 16.3 Å². The van der Waals surface area contributed by atoms with Crippen molar-refractivity contribution in [2.24, 2.45) is 5.92 Å². The minimum absolute atomic E-state index is 0.209. The number of halogens is 2. The molecule has 4 heteroatoms. The van der Waals surface area contributed by atoms with Gasteiger partial charge in [0, 0.05) is 30.6 Å². The Hall–Kier alpha value is -2.88. The Morgan fingerprint density at radius 1 is 1.06 bits per heavy atom. The van der Waals surface area contributed by atoms with Gasteiger partial charge in [0.15, 0.2) is 0 Å². The first kappa shape index (κ1) is 24.8. The van der Waals surface area contributed by atoms with Crippen molar-refractivity contribution in [2.75, 3.05) is 32.9 Å². The van der Waals surface area contributed by atoms with Gasteiger partial charge in [-0.2, -0.15) is 0 Å². The lowest BCUT2D eigenvalue weighted by Crippen LogP contribution is -2.49. The molecule has 1 aliphatic heterocycles. The highest BCUT2D eigenvalue weighted by molar-refractivity contribution is 6.33. The smallest absolute Gasteiger partial charge is 0.119 e. The fourth-order valence-electron chi connectivity index (χ4n) is 5.33. The molecule has 186 valence electrons. The lowest BCUT2D eigenvalue weighted by atomic mass is 9.87. The van der Waals surface area contributed by atoms with Crippen molar-refractivity contribution in [2.45, 2.75) is 26.7 Å². The molecule has 0 saturated carbocycles. The summed E-state index contributed by atoms with van der Waals surface area (Å²) < 4.78 is 18.7. The molecule has 0 spiro atoms. The van der Waals surface area contributed by atoms with Crippen LogP contribution in [0.25, 0.3) is 17.2 Å². The molecule has 36 heavy (non-hydrogen) atoms. The van der Waals surface area contributed by atoms with E-state index in [1.54, 1.807) is 0 Å². The van der Waals surface area contributed by atoms with Gasteiger partial charge in [-0.25, -0.2) is 0 Å². The van der Waals surface area contributed by atoms with Crippen molar-refractivity contribution >= 4 is 28.8 Å². The van der Waals surface area contributed by atoms with Crippen LogP contribution in [0, 0.1) is 12.8 Å². The Labute approximate surface area is 219 Å². The Kier molecular flexibility index (Phi) is 7.59. The molecule has 2 nitrogen and oxygen atoms in total. The number of likely N-dealkylation sites (tertiary alicyclic amines) is 1. The van der Waals surface area contributed by atoms with Crippen molar-refractivity contribution in [3.05, 3.63) is 105 Å². The Balaban J connectivity index is 1.44. The summed E-state index contributed by atoms with van der Waals surface area (Å²) in [7, 11) is 0. The predicted octanol–water partition coefficient (Wildman–Crippen LogP) is 7.89. The van der Waals surface area contributed by atoms with Gasteiger partial charge in [0.25, 0.3) is 0 Å². The van der Waals surface area contributed by atoms with Crippen LogP contribution in [-0.2, 0) is 6.42 Å². The zero-order valence-electron chi connectivity index (χ0n) is 21.1. The molecule has 3 aromatic carbocycles. The molecule has 2 aliphatic rings. The van der Waals surface area contributed by atoms with Gasteiger partial charge >= 0.3 is 0 Å². The second-order valence-corrected chi connectivity index (χ2v) is 10.3. The number of alkyl halides is 1. The van der Waals surface area contributed by atoms with Crippen LogP contribution in [0.3, 0.4) is 0 Å². The number of fused-ring (bicyclic) bond motifs is 1. The second kappa shape index (κ2) is 11.0. The maximum absolute atomic E-state index is 12.6. The molecule has 5 rings (SSSR count). The molecule has 0 amide bonds. The van der Waals surface area contributed by atoms with Gasteiger partial charge in [-0.3, -0.25) is 9.29 Å². The minimum Gasteiger partial charge on any atom is -0.492 e. The van der Waals surface area contributed by atoms with Crippen molar-refractivity contribution < 1.29 is 9.13 Å². The minimum atomic E-state index is -0.219. The van der Waals surface area contributed by atoms with Crippen LogP contribution in [-0.4, -0.2) is 37.8 Å². The number of hydrogen-bond acceptors (Lipinski definition) is 2. The van der Waals surface area contributed by atoms with Crippen LogP contribution in [0.5, 0.6) is 5.75 Å². The van der Waals surface area contributed by atoms with Crippen LogP contribution in [0.4, 0.5) is 4.39 Å². The third-order valence-electron chi connectivity index (χ3n) is 7.26. The van der Waals surface area contributed by atoms with Gasteiger partial charge in [-0.1, -0.05) is 73.1 Å². The van der Waals surface area contributed by atoms with E-state index in [-0.39, 0.29) is 12.6 Å². The van der Waals surface area contributed by atoms with E-state index in [2.05, 4.69) is 85.5 Å². The fraction of sp³-hybridized carbons (Fsp3) is 0.312.